The van der Waals surface area contributed by atoms with Crippen molar-refractivity contribution < 1.29 is 28.3 Å². The van der Waals surface area contributed by atoms with Crippen molar-refractivity contribution in [3.05, 3.63) is 107 Å². The van der Waals surface area contributed by atoms with Gasteiger partial charge in [0.1, 0.15) is 6.04 Å². The van der Waals surface area contributed by atoms with Crippen molar-refractivity contribution in [2.24, 2.45) is 0 Å². The Hall–Kier alpha value is -3.76. The third kappa shape index (κ3) is 7.54. The molecule has 0 saturated carbocycles. The Morgan fingerprint density at radius 1 is 1.00 bits per heavy atom. The van der Waals surface area contributed by atoms with Gasteiger partial charge in [-0.3, -0.25) is 14.4 Å². The van der Waals surface area contributed by atoms with Crippen LogP contribution in [-0.4, -0.2) is 56.5 Å². The average molecular weight is 596 g/mol. The van der Waals surface area contributed by atoms with Crippen LogP contribution < -0.4 is 10.6 Å². The lowest BCUT2D eigenvalue weighted by Crippen LogP contribution is -2.58. The van der Waals surface area contributed by atoms with Crippen LogP contribution in [0.15, 0.2) is 72.8 Å². The van der Waals surface area contributed by atoms with Crippen molar-refractivity contribution in [3.8, 4) is 0 Å². The monoisotopic (exact) mass is 595 g/mol. The molecule has 0 radical (unpaired) electrons. The predicted octanol–water partition coefficient (Wildman–Crippen LogP) is 3.90. The molecule has 0 spiro atoms. The predicted molar refractivity (Wildman–Crippen MR) is 158 cm³/mol. The normalized spacial score (nSPS) is 17.4. The minimum atomic E-state index is -1.67. The molecule has 222 valence electrons. The molecule has 4 rings (SSSR count). The molecule has 7 nitrogen and oxygen atoms in total. The van der Waals surface area contributed by atoms with E-state index in [1.54, 1.807) is 12.1 Å². The van der Waals surface area contributed by atoms with E-state index in [4.69, 9.17) is 0 Å². The van der Waals surface area contributed by atoms with Gasteiger partial charge in [-0.2, -0.15) is 0 Å². The number of nitrogens with zero attached hydrogens (tertiary/aromatic N) is 1. The zero-order valence-electron chi connectivity index (χ0n) is 23.8. The molecule has 3 N–H and O–H groups in total. The molecule has 1 saturated heterocycles. The van der Waals surface area contributed by atoms with Gasteiger partial charge >= 0.3 is 0 Å². The van der Waals surface area contributed by atoms with Crippen LogP contribution in [0.25, 0.3) is 0 Å². The standard InChI is InChI=1S/C32H35F2N3O4S/c1-20-9-7-8-12-23(20)18-35-30(40)29-32(2,3)42-19-37(29)31(41)28(39)26(16-21-10-5-4-6-11-21)36-27(38)17-22-13-14-24(33)25(34)15-22/h4-15,26,28-29,39H,16-19H2,1-3H3,(H,35,40)(H,36,38). The Kier molecular flexibility index (Phi) is 10.0. The number of aliphatic hydroxyl groups is 1. The van der Waals surface area contributed by atoms with Crippen LogP contribution in [0.5, 0.6) is 0 Å². The van der Waals surface area contributed by atoms with Gasteiger partial charge in [0.05, 0.1) is 18.3 Å². The summed E-state index contributed by atoms with van der Waals surface area (Å²) in [5.41, 5.74) is 3.00. The van der Waals surface area contributed by atoms with Gasteiger partial charge in [0, 0.05) is 11.3 Å². The Morgan fingerprint density at radius 2 is 1.69 bits per heavy atom. The topological polar surface area (TPSA) is 98.7 Å². The molecule has 0 aromatic heterocycles. The molecular weight excluding hydrogens is 560 g/mol. The number of thioether (sulfide) groups is 1. The summed E-state index contributed by atoms with van der Waals surface area (Å²) in [5.74, 6) is -3.50. The molecule has 1 aliphatic heterocycles. The van der Waals surface area contributed by atoms with Gasteiger partial charge in [0.25, 0.3) is 5.91 Å². The number of aryl methyl sites for hydroxylation is 1. The van der Waals surface area contributed by atoms with Crippen LogP contribution in [0.4, 0.5) is 8.78 Å². The number of carbonyl (C=O) groups is 3. The van der Waals surface area contributed by atoms with Gasteiger partial charge in [-0.1, -0.05) is 60.7 Å². The van der Waals surface area contributed by atoms with Crippen LogP contribution in [0.2, 0.25) is 0 Å². The van der Waals surface area contributed by atoms with Crippen molar-refractivity contribution in [1.29, 1.82) is 0 Å². The highest BCUT2D eigenvalue weighted by atomic mass is 32.2. The van der Waals surface area contributed by atoms with Crippen LogP contribution in [0.3, 0.4) is 0 Å². The maximum Gasteiger partial charge on any atom is 0.254 e. The third-order valence-electron chi connectivity index (χ3n) is 7.42. The first-order valence-electron chi connectivity index (χ1n) is 13.7. The minimum absolute atomic E-state index is 0.131. The highest BCUT2D eigenvalue weighted by molar-refractivity contribution is 8.00. The fourth-order valence-corrected chi connectivity index (χ4v) is 6.18. The van der Waals surface area contributed by atoms with E-state index in [1.165, 1.54) is 22.7 Å². The van der Waals surface area contributed by atoms with Crippen LogP contribution in [0, 0.1) is 18.6 Å². The van der Waals surface area contributed by atoms with E-state index in [0.717, 1.165) is 28.8 Å². The van der Waals surface area contributed by atoms with Gasteiger partial charge in [-0.15, -0.1) is 11.8 Å². The number of aliphatic hydroxyl groups excluding tert-OH is 1. The molecule has 1 heterocycles. The second-order valence-corrected chi connectivity index (χ2v) is 12.6. The number of rotatable bonds is 10. The van der Waals surface area contributed by atoms with E-state index < -0.39 is 46.4 Å². The number of hydrogen-bond acceptors (Lipinski definition) is 5. The van der Waals surface area contributed by atoms with Crippen LogP contribution in [-0.2, 0) is 33.8 Å². The fraction of sp³-hybridized carbons (Fsp3) is 0.344. The Morgan fingerprint density at radius 3 is 2.38 bits per heavy atom. The summed E-state index contributed by atoms with van der Waals surface area (Å²) < 4.78 is 26.4. The molecule has 0 bridgehead atoms. The molecule has 3 aromatic rings. The second kappa shape index (κ2) is 13.5. The van der Waals surface area contributed by atoms with E-state index in [-0.39, 0.29) is 30.2 Å². The highest BCUT2D eigenvalue weighted by Gasteiger charge is 2.49. The number of amides is 3. The molecule has 3 amide bonds. The SMILES string of the molecule is Cc1ccccc1CNC(=O)C1N(C(=O)C(O)C(Cc2ccccc2)NC(=O)Cc2ccc(F)c(F)c2)CSC1(C)C. The van der Waals surface area contributed by atoms with E-state index >= 15 is 0 Å². The molecule has 3 unspecified atom stereocenters. The van der Waals surface area contributed by atoms with Crippen molar-refractivity contribution in [3.63, 3.8) is 0 Å². The number of benzene rings is 3. The van der Waals surface area contributed by atoms with Crippen molar-refractivity contribution in [1.82, 2.24) is 15.5 Å². The largest absolute Gasteiger partial charge is 0.381 e. The Balaban J connectivity index is 1.51. The number of carbonyl (C=O) groups excluding carboxylic acids is 3. The number of halogens is 2. The van der Waals surface area contributed by atoms with E-state index in [9.17, 15) is 28.3 Å². The van der Waals surface area contributed by atoms with Crippen LogP contribution in [0.1, 0.15) is 36.1 Å². The molecule has 1 fully saturated rings. The van der Waals surface area contributed by atoms with Gasteiger partial charge in [-0.05, 0) is 61.6 Å². The summed E-state index contributed by atoms with van der Waals surface area (Å²) in [6, 6.07) is 18.0. The maximum atomic E-state index is 13.8. The van der Waals surface area contributed by atoms with Gasteiger partial charge < -0.3 is 20.6 Å². The number of nitrogens with one attached hydrogen (secondary N) is 2. The lowest BCUT2D eigenvalue weighted by Gasteiger charge is -2.33. The fourth-order valence-electron chi connectivity index (χ4n) is 5.04. The van der Waals surface area contributed by atoms with Crippen molar-refractivity contribution in [2.75, 3.05) is 5.88 Å². The summed E-state index contributed by atoms with van der Waals surface area (Å²) in [4.78, 5) is 41.5. The van der Waals surface area contributed by atoms with E-state index in [0.29, 0.717) is 6.54 Å². The molecule has 1 aliphatic rings. The molecular formula is C32H35F2N3O4S. The second-order valence-electron chi connectivity index (χ2n) is 11.0. The first-order valence-corrected chi connectivity index (χ1v) is 14.7. The van der Waals surface area contributed by atoms with Crippen molar-refractivity contribution >= 4 is 29.5 Å². The summed E-state index contributed by atoms with van der Waals surface area (Å²) in [7, 11) is 0. The zero-order valence-corrected chi connectivity index (χ0v) is 24.6. The van der Waals surface area contributed by atoms with E-state index in [1.807, 2.05) is 63.2 Å². The average Bonchev–Trinajstić information content (AvgIpc) is 3.28. The van der Waals surface area contributed by atoms with Gasteiger partial charge in [0.15, 0.2) is 17.7 Å². The van der Waals surface area contributed by atoms with E-state index in [2.05, 4.69) is 10.6 Å². The first kappa shape index (κ1) is 31.2. The Bertz CT molecular complexity index is 1440. The number of hydrogen-bond donors (Lipinski definition) is 3. The summed E-state index contributed by atoms with van der Waals surface area (Å²) >= 11 is 1.43. The third-order valence-corrected chi connectivity index (χ3v) is 8.79. The van der Waals surface area contributed by atoms with Gasteiger partial charge in [0.2, 0.25) is 11.8 Å². The summed E-state index contributed by atoms with van der Waals surface area (Å²) in [6.07, 6.45) is -1.81. The molecule has 3 atom stereocenters. The molecule has 42 heavy (non-hydrogen) atoms. The zero-order chi connectivity index (χ0) is 30.4. The summed E-state index contributed by atoms with van der Waals surface area (Å²) in [5, 5.41) is 17.0. The lowest BCUT2D eigenvalue weighted by molar-refractivity contribution is -0.147. The van der Waals surface area contributed by atoms with Crippen molar-refractivity contribution in [2.45, 2.75) is 63.1 Å². The molecule has 0 aliphatic carbocycles. The summed E-state index contributed by atoms with van der Waals surface area (Å²) in [6.45, 7) is 6.00. The molecule has 10 heteroatoms. The van der Waals surface area contributed by atoms with Crippen LogP contribution >= 0.6 is 11.8 Å². The smallest absolute Gasteiger partial charge is 0.254 e. The van der Waals surface area contributed by atoms with Gasteiger partial charge in [-0.25, -0.2) is 8.78 Å². The molecule has 3 aromatic carbocycles. The Labute approximate surface area is 248 Å². The quantitative estimate of drug-likeness (QED) is 0.330. The lowest BCUT2D eigenvalue weighted by atomic mass is 9.96. The first-order chi connectivity index (χ1) is 20.0. The minimum Gasteiger partial charge on any atom is -0.381 e. The highest BCUT2D eigenvalue weighted by Crippen LogP contribution is 2.40. The maximum absolute atomic E-state index is 13.8.